The number of benzene rings is 2. The number of H-pyrrole nitrogens is 1. The maximum absolute atomic E-state index is 12.8. The fourth-order valence-corrected chi connectivity index (χ4v) is 7.30. The number of fused-ring (bicyclic) bond motifs is 3. The zero-order valence-corrected chi connectivity index (χ0v) is 26.6. The number of carbonyl (C=O) groups excluding carboxylic acids is 1. The third-order valence-corrected chi connectivity index (χ3v) is 10.5. The minimum absolute atomic E-state index is 0.0941. The molecule has 0 bridgehead atoms. The summed E-state index contributed by atoms with van der Waals surface area (Å²) in [6, 6.07) is 13.2. The number of hydrogen-bond acceptors (Lipinski definition) is 5. The molecular formula is C35H44BN3O4. The molecule has 0 radical (unpaired) electrons. The van der Waals surface area contributed by atoms with E-state index in [1.54, 1.807) is 4.90 Å². The van der Waals surface area contributed by atoms with E-state index in [1.165, 1.54) is 40.6 Å². The third-order valence-electron chi connectivity index (χ3n) is 10.5. The third kappa shape index (κ3) is 4.91. The van der Waals surface area contributed by atoms with Gasteiger partial charge in [-0.2, -0.15) is 0 Å². The van der Waals surface area contributed by atoms with Crippen LogP contribution >= 0.6 is 0 Å². The maximum Gasteiger partial charge on any atom is 0.495 e. The van der Waals surface area contributed by atoms with Crippen LogP contribution in [0.5, 0.6) is 0 Å². The number of hydrogen-bond donors (Lipinski definition) is 1. The standard InChI is InChI=1S/C35H44BN3O4/c1-33(2,3)41-32(40)39-18-8-9-29(39)31-37-20-28(38-31)22-12-10-21(11-13-22)24-16-17-27(26-19-23-14-15-25(23)30(24)26)36-42-34(4,5)35(6,7)43-36/h10-13,16-17,20,23,25,29H,8-9,14-15,18-19H2,1-7H3,(H,37,38)/t23?,25?,29-/m0/s1. The first kappa shape index (κ1) is 28.7. The monoisotopic (exact) mass is 581 g/mol. The van der Waals surface area contributed by atoms with Crippen LogP contribution in [0.15, 0.2) is 42.6 Å². The molecule has 226 valence electrons. The Kier molecular flexibility index (Phi) is 6.64. The Balaban J connectivity index is 1.14. The Morgan fingerprint density at radius 2 is 1.70 bits per heavy atom. The summed E-state index contributed by atoms with van der Waals surface area (Å²) in [6.07, 6.45) is 7.09. The molecule has 2 unspecified atom stereocenters. The molecule has 8 heteroatoms. The van der Waals surface area contributed by atoms with E-state index in [2.05, 4.69) is 69.1 Å². The lowest BCUT2D eigenvalue weighted by Gasteiger charge is -2.32. The molecule has 2 aliphatic carbocycles. The first-order valence-corrected chi connectivity index (χ1v) is 16.0. The second-order valence-corrected chi connectivity index (χ2v) is 14.9. The van der Waals surface area contributed by atoms with Gasteiger partial charge in [0.15, 0.2) is 0 Å². The van der Waals surface area contributed by atoms with Gasteiger partial charge in [0, 0.05) is 6.54 Å². The SMILES string of the molecule is CC(C)(C)OC(=O)N1CCC[C@H]1c1ncc(-c2ccc(-c3ccc(B4OC(C)(C)C(C)(C)O4)c4c3C3CCC3C4)cc2)[nH]1. The van der Waals surface area contributed by atoms with Crippen LogP contribution in [0.1, 0.15) is 103 Å². The summed E-state index contributed by atoms with van der Waals surface area (Å²) in [6.45, 7) is 14.9. The van der Waals surface area contributed by atoms with Gasteiger partial charge < -0.3 is 19.0 Å². The van der Waals surface area contributed by atoms with Crippen LogP contribution in [0.25, 0.3) is 22.4 Å². The fourth-order valence-electron chi connectivity index (χ4n) is 7.30. The van der Waals surface area contributed by atoms with Gasteiger partial charge in [-0.3, -0.25) is 4.90 Å². The van der Waals surface area contributed by atoms with Crippen molar-refractivity contribution in [2.24, 2.45) is 5.92 Å². The van der Waals surface area contributed by atoms with Gasteiger partial charge in [0.1, 0.15) is 11.4 Å². The summed E-state index contributed by atoms with van der Waals surface area (Å²) in [5.41, 5.74) is 7.53. The molecule has 3 atom stereocenters. The molecule has 7 rings (SSSR count). The highest BCUT2D eigenvalue weighted by atomic mass is 16.7. The van der Waals surface area contributed by atoms with Gasteiger partial charge in [-0.15, -0.1) is 0 Å². The average Bonchev–Trinajstić information content (AvgIpc) is 3.67. The van der Waals surface area contributed by atoms with Crippen LogP contribution in [-0.4, -0.2) is 51.4 Å². The lowest BCUT2D eigenvalue weighted by atomic mass is 9.72. The lowest BCUT2D eigenvalue weighted by Crippen LogP contribution is -2.41. The van der Waals surface area contributed by atoms with Crippen LogP contribution in [0, 0.1) is 5.92 Å². The summed E-state index contributed by atoms with van der Waals surface area (Å²) in [5, 5.41) is 0. The number of aromatic nitrogens is 2. The van der Waals surface area contributed by atoms with Crippen molar-refractivity contribution in [2.45, 2.75) is 109 Å². The molecule has 3 heterocycles. The predicted molar refractivity (Wildman–Crippen MR) is 169 cm³/mol. The van der Waals surface area contributed by atoms with Gasteiger partial charge >= 0.3 is 13.2 Å². The van der Waals surface area contributed by atoms with E-state index in [-0.39, 0.29) is 30.5 Å². The number of amides is 1. The summed E-state index contributed by atoms with van der Waals surface area (Å²) >= 11 is 0. The maximum atomic E-state index is 12.8. The molecule has 2 aromatic carbocycles. The molecule has 3 aromatic rings. The number of ether oxygens (including phenoxy) is 1. The van der Waals surface area contributed by atoms with Crippen molar-refractivity contribution >= 4 is 18.7 Å². The quantitative estimate of drug-likeness (QED) is 0.331. The van der Waals surface area contributed by atoms with E-state index in [0.717, 1.165) is 42.3 Å². The first-order valence-electron chi connectivity index (χ1n) is 16.0. The van der Waals surface area contributed by atoms with E-state index in [1.807, 2.05) is 27.0 Å². The molecule has 1 aromatic heterocycles. The minimum atomic E-state index is -0.522. The number of rotatable bonds is 4. The molecule has 1 saturated carbocycles. The van der Waals surface area contributed by atoms with Crippen molar-refractivity contribution in [2.75, 3.05) is 6.54 Å². The number of nitrogens with one attached hydrogen (secondary N) is 1. The summed E-state index contributed by atoms with van der Waals surface area (Å²) in [4.78, 5) is 22.8. The molecule has 3 fully saturated rings. The Hall–Kier alpha value is -3.10. The van der Waals surface area contributed by atoms with Crippen molar-refractivity contribution in [1.29, 1.82) is 0 Å². The van der Waals surface area contributed by atoms with E-state index in [9.17, 15) is 4.79 Å². The molecule has 0 spiro atoms. The van der Waals surface area contributed by atoms with E-state index in [4.69, 9.17) is 19.0 Å². The van der Waals surface area contributed by atoms with Crippen LogP contribution < -0.4 is 5.46 Å². The lowest BCUT2D eigenvalue weighted by molar-refractivity contribution is 0.00578. The van der Waals surface area contributed by atoms with Crippen LogP contribution in [0.4, 0.5) is 4.79 Å². The summed E-state index contributed by atoms with van der Waals surface area (Å²) < 4.78 is 18.6. The highest BCUT2D eigenvalue weighted by Gasteiger charge is 2.53. The van der Waals surface area contributed by atoms with Gasteiger partial charge in [0.25, 0.3) is 0 Å². The molecular weight excluding hydrogens is 537 g/mol. The molecule has 43 heavy (non-hydrogen) atoms. The Morgan fingerprint density at radius 1 is 1.00 bits per heavy atom. The number of aromatic amines is 1. The molecule has 2 aliphatic heterocycles. The van der Waals surface area contributed by atoms with Crippen molar-refractivity contribution in [3.8, 4) is 22.4 Å². The second kappa shape index (κ2) is 9.96. The van der Waals surface area contributed by atoms with Crippen molar-refractivity contribution in [3.63, 3.8) is 0 Å². The van der Waals surface area contributed by atoms with Crippen molar-refractivity contribution in [3.05, 3.63) is 59.5 Å². The van der Waals surface area contributed by atoms with Crippen LogP contribution in [0.2, 0.25) is 0 Å². The fraction of sp³-hybridized carbons (Fsp3) is 0.543. The average molecular weight is 582 g/mol. The van der Waals surface area contributed by atoms with Crippen LogP contribution in [0.3, 0.4) is 0 Å². The number of imidazole rings is 1. The predicted octanol–water partition coefficient (Wildman–Crippen LogP) is 7.16. The molecule has 1 amide bonds. The number of nitrogens with zero attached hydrogens (tertiary/aromatic N) is 2. The first-order chi connectivity index (χ1) is 20.3. The van der Waals surface area contributed by atoms with E-state index < -0.39 is 5.60 Å². The van der Waals surface area contributed by atoms with Crippen LogP contribution in [-0.2, 0) is 20.5 Å². The number of likely N-dealkylation sites (tertiary alicyclic amines) is 1. The smallest absolute Gasteiger partial charge is 0.444 e. The highest BCUT2D eigenvalue weighted by molar-refractivity contribution is 6.62. The van der Waals surface area contributed by atoms with E-state index >= 15 is 0 Å². The Morgan fingerprint density at radius 3 is 2.35 bits per heavy atom. The van der Waals surface area contributed by atoms with Gasteiger partial charge in [-0.25, -0.2) is 9.78 Å². The summed E-state index contributed by atoms with van der Waals surface area (Å²) in [7, 11) is -0.326. The van der Waals surface area contributed by atoms with Gasteiger partial charge in [-0.1, -0.05) is 36.4 Å². The number of carbonyl (C=O) groups is 1. The zero-order chi connectivity index (χ0) is 30.3. The Bertz CT molecular complexity index is 1540. The largest absolute Gasteiger partial charge is 0.495 e. The highest BCUT2D eigenvalue weighted by Crippen LogP contribution is 2.54. The van der Waals surface area contributed by atoms with Gasteiger partial charge in [0.05, 0.1) is 29.1 Å². The molecule has 7 nitrogen and oxygen atoms in total. The normalized spacial score (nSPS) is 25.4. The summed E-state index contributed by atoms with van der Waals surface area (Å²) in [5.74, 6) is 2.17. The minimum Gasteiger partial charge on any atom is -0.444 e. The molecule has 1 N–H and O–H groups in total. The van der Waals surface area contributed by atoms with E-state index in [0.29, 0.717) is 12.5 Å². The van der Waals surface area contributed by atoms with Gasteiger partial charge in [-0.05, 0) is 126 Å². The molecule has 4 aliphatic rings. The topological polar surface area (TPSA) is 76.7 Å². The second-order valence-electron chi connectivity index (χ2n) is 14.9. The van der Waals surface area contributed by atoms with Crippen molar-refractivity contribution < 1.29 is 18.8 Å². The van der Waals surface area contributed by atoms with Crippen molar-refractivity contribution in [1.82, 2.24) is 14.9 Å². The molecule has 2 saturated heterocycles. The zero-order valence-electron chi connectivity index (χ0n) is 26.6. The van der Waals surface area contributed by atoms with Gasteiger partial charge in [0.2, 0.25) is 0 Å². The Labute approximate surface area is 255 Å².